The second kappa shape index (κ2) is 12.3. The molecular formula is C28H26ClNO8S. The molecule has 0 saturated carbocycles. The second-order valence-corrected chi connectivity index (χ2v) is 10.5. The molecule has 4 aromatic rings. The number of aliphatic hydroxyl groups is 3. The molecular weight excluding hydrogens is 546 g/mol. The third-order valence-electron chi connectivity index (χ3n) is 6.33. The van der Waals surface area contributed by atoms with Crippen molar-refractivity contribution >= 4 is 29.1 Å². The Kier molecular flexibility index (Phi) is 8.61. The first-order valence-electron chi connectivity index (χ1n) is 12.2. The Morgan fingerprint density at radius 1 is 1.00 bits per heavy atom. The van der Waals surface area contributed by atoms with Crippen LogP contribution in [0.4, 0.5) is 4.79 Å². The van der Waals surface area contributed by atoms with Gasteiger partial charge in [0.15, 0.2) is 0 Å². The SMILES string of the molecule is O=C(OCc1ccccc1)OCC1OC(c2ccc(Cl)c(Cc3ncc(-c4ccco4)s3)c2)C(O)C(O)C1O. The van der Waals surface area contributed by atoms with Gasteiger partial charge >= 0.3 is 6.16 Å². The summed E-state index contributed by atoms with van der Waals surface area (Å²) in [5.41, 5.74) is 2.06. The number of thiazole rings is 1. The molecule has 1 aliphatic heterocycles. The van der Waals surface area contributed by atoms with E-state index in [2.05, 4.69) is 4.98 Å². The summed E-state index contributed by atoms with van der Waals surface area (Å²) < 4.78 is 21.6. The lowest BCUT2D eigenvalue weighted by atomic mass is 9.90. The number of furan rings is 1. The van der Waals surface area contributed by atoms with E-state index in [1.165, 1.54) is 11.3 Å². The van der Waals surface area contributed by atoms with E-state index in [0.717, 1.165) is 26.8 Å². The van der Waals surface area contributed by atoms with Crippen molar-refractivity contribution in [1.82, 2.24) is 4.98 Å². The van der Waals surface area contributed by atoms with Crippen LogP contribution in [0.15, 0.2) is 77.5 Å². The number of carbonyl (C=O) groups excluding carboxylic acids is 1. The van der Waals surface area contributed by atoms with Gasteiger partial charge in [-0.3, -0.25) is 0 Å². The quantitative estimate of drug-likeness (QED) is 0.261. The molecule has 0 radical (unpaired) electrons. The number of halogens is 1. The van der Waals surface area contributed by atoms with E-state index in [9.17, 15) is 20.1 Å². The smallest absolute Gasteiger partial charge is 0.463 e. The highest BCUT2D eigenvalue weighted by Gasteiger charge is 2.45. The van der Waals surface area contributed by atoms with Crippen molar-refractivity contribution in [2.75, 3.05) is 6.61 Å². The molecule has 204 valence electrons. The average Bonchev–Trinajstić information content (AvgIpc) is 3.65. The average molecular weight is 572 g/mol. The van der Waals surface area contributed by atoms with Crippen LogP contribution in [0.2, 0.25) is 5.02 Å². The third-order valence-corrected chi connectivity index (χ3v) is 7.72. The zero-order chi connectivity index (χ0) is 27.4. The molecule has 0 bridgehead atoms. The van der Waals surface area contributed by atoms with E-state index < -0.39 is 36.7 Å². The number of nitrogens with zero attached hydrogens (tertiary/aromatic N) is 1. The number of aromatic nitrogens is 1. The molecule has 39 heavy (non-hydrogen) atoms. The molecule has 5 unspecified atom stereocenters. The molecule has 11 heteroatoms. The van der Waals surface area contributed by atoms with Gasteiger partial charge in [-0.15, -0.1) is 11.3 Å². The molecule has 9 nitrogen and oxygen atoms in total. The first kappa shape index (κ1) is 27.3. The van der Waals surface area contributed by atoms with Gasteiger partial charge in [-0.25, -0.2) is 9.78 Å². The Morgan fingerprint density at radius 3 is 2.59 bits per heavy atom. The molecule has 5 atom stereocenters. The minimum Gasteiger partial charge on any atom is -0.463 e. The van der Waals surface area contributed by atoms with Gasteiger partial charge in [0.05, 0.1) is 16.1 Å². The standard InChI is InChI=1S/C28H26ClNO8S/c29-19-9-8-17(11-18(19)12-23-30-13-22(39-23)20-7-4-10-35-20)27-26(33)25(32)24(31)21(38-27)15-37-28(34)36-14-16-5-2-1-3-6-16/h1-11,13,21,24-27,31-33H,12,14-15H2. The lowest BCUT2D eigenvalue weighted by molar-refractivity contribution is -0.232. The second-order valence-electron chi connectivity index (χ2n) is 9.03. The lowest BCUT2D eigenvalue weighted by Crippen LogP contribution is -2.55. The summed E-state index contributed by atoms with van der Waals surface area (Å²) in [4.78, 5) is 17.4. The zero-order valence-corrected chi connectivity index (χ0v) is 22.1. The Bertz CT molecular complexity index is 1380. The summed E-state index contributed by atoms with van der Waals surface area (Å²) in [6, 6.07) is 17.9. The first-order valence-corrected chi connectivity index (χ1v) is 13.4. The summed E-state index contributed by atoms with van der Waals surface area (Å²) in [5.74, 6) is 0.724. The maximum absolute atomic E-state index is 12.1. The molecule has 5 rings (SSSR count). The maximum Gasteiger partial charge on any atom is 0.508 e. The van der Waals surface area contributed by atoms with E-state index in [0.29, 0.717) is 17.0 Å². The fourth-order valence-corrected chi connectivity index (χ4v) is 5.36. The molecule has 1 aliphatic rings. The highest BCUT2D eigenvalue weighted by Crippen LogP contribution is 2.35. The van der Waals surface area contributed by atoms with Crippen molar-refractivity contribution in [3.63, 3.8) is 0 Å². The molecule has 0 spiro atoms. The Hall–Kier alpha value is -3.25. The number of ether oxygens (including phenoxy) is 3. The van der Waals surface area contributed by atoms with E-state index in [-0.39, 0.29) is 13.2 Å². The van der Waals surface area contributed by atoms with Crippen LogP contribution in [0.1, 0.15) is 27.8 Å². The summed E-state index contributed by atoms with van der Waals surface area (Å²) in [6.07, 6.45) is -3.76. The van der Waals surface area contributed by atoms with Crippen molar-refractivity contribution in [2.24, 2.45) is 0 Å². The van der Waals surface area contributed by atoms with Gasteiger partial charge in [0.25, 0.3) is 0 Å². The van der Waals surface area contributed by atoms with E-state index >= 15 is 0 Å². The minimum atomic E-state index is -1.54. The Labute approximate surface area is 233 Å². The van der Waals surface area contributed by atoms with Gasteiger partial charge in [0.2, 0.25) is 0 Å². The van der Waals surface area contributed by atoms with Crippen LogP contribution in [0.5, 0.6) is 0 Å². The number of carbonyl (C=O) groups is 1. The largest absolute Gasteiger partial charge is 0.508 e. The molecule has 1 fully saturated rings. The van der Waals surface area contributed by atoms with Crippen LogP contribution in [0.25, 0.3) is 10.6 Å². The highest BCUT2D eigenvalue weighted by atomic mass is 35.5. The number of benzene rings is 2. The van der Waals surface area contributed by atoms with Crippen LogP contribution in [-0.4, -0.2) is 57.5 Å². The fourth-order valence-electron chi connectivity index (χ4n) is 4.27. The zero-order valence-electron chi connectivity index (χ0n) is 20.6. The van der Waals surface area contributed by atoms with Crippen LogP contribution >= 0.6 is 22.9 Å². The van der Waals surface area contributed by atoms with Crippen molar-refractivity contribution < 1.29 is 38.7 Å². The lowest BCUT2D eigenvalue weighted by Gasteiger charge is -2.40. The third kappa shape index (κ3) is 6.50. The Balaban J connectivity index is 1.25. The van der Waals surface area contributed by atoms with Gasteiger partial charge < -0.3 is 33.9 Å². The summed E-state index contributed by atoms with van der Waals surface area (Å²) in [7, 11) is 0. The number of rotatable bonds is 8. The van der Waals surface area contributed by atoms with Gasteiger partial charge in [-0.05, 0) is 34.9 Å². The molecule has 2 aromatic heterocycles. The Morgan fingerprint density at radius 2 is 1.82 bits per heavy atom. The number of hydrogen-bond donors (Lipinski definition) is 3. The first-order chi connectivity index (χ1) is 18.9. The van der Waals surface area contributed by atoms with Gasteiger partial charge in [0.1, 0.15) is 49.5 Å². The predicted molar refractivity (Wildman–Crippen MR) is 142 cm³/mol. The van der Waals surface area contributed by atoms with Crippen LogP contribution in [0, 0.1) is 0 Å². The van der Waals surface area contributed by atoms with Gasteiger partial charge in [-0.2, -0.15) is 0 Å². The number of hydrogen-bond acceptors (Lipinski definition) is 10. The molecule has 1 saturated heterocycles. The van der Waals surface area contributed by atoms with Crippen molar-refractivity contribution in [3.8, 4) is 10.6 Å². The van der Waals surface area contributed by atoms with Gasteiger partial charge in [-0.1, -0.05) is 54.1 Å². The van der Waals surface area contributed by atoms with Crippen molar-refractivity contribution in [1.29, 1.82) is 0 Å². The van der Waals surface area contributed by atoms with E-state index in [1.807, 2.05) is 30.3 Å². The normalized spacial score (nSPS) is 22.9. The molecule has 0 aliphatic carbocycles. The topological polar surface area (TPSA) is 131 Å². The molecule has 3 heterocycles. The molecule has 2 aromatic carbocycles. The van der Waals surface area contributed by atoms with E-state index in [4.69, 9.17) is 30.2 Å². The van der Waals surface area contributed by atoms with Crippen LogP contribution < -0.4 is 0 Å². The summed E-state index contributed by atoms with van der Waals surface area (Å²) in [6.45, 7) is -0.364. The predicted octanol–water partition coefficient (Wildman–Crippen LogP) is 4.52. The van der Waals surface area contributed by atoms with Crippen molar-refractivity contribution in [3.05, 3.63) is 99.8 Å². The van der Waals surface area contributed by atoms with Crippen LogP contribution in [-0.2, 0) is 27.2 Å². The molecule has 0 amide bonds. The summed E-state index contributed by atoms with van der Waals surface area (Å²) >= 11 is 7.93. The maximum atomic E-state index is 12.1. The summed E-state index contributed by atoms with van der Waals surface area (Å²) in [5, 5.41) is 33.0. The molecule has 3 N–H and O–H groups in total. The fraction of sp³-hybridized carbons (Fsp3) is 0.286. The highest BCUT2D eigenvalue weighted by molar-refractivity contribution is 7.15. The van der Waals surface area contributed by atoms with E-state index in [1.54, 1.807) is 42.8 Å². The van der Waals surface area contributed by atoms with Crippen LogP contribution in [0.3, 0.4) is 0 Å². The monoisotopic (exact) mass is 571 g/mol. The van der Waals surface area contributed by atoms with Gasteiger partial charge in [0, 0.05) is 17.6 Å². The minimum absolute atomic E-state index is 0.0212. The number of aliphatic hydroxyl groups excluding tert-OH is 3. The van der Waals surface area contributed by atoms with Crippen molar-refractivity contribution in [2.45, 2.75) is 43.5 Å².